The van der Waals surface area contributed by atoms with Gasteiger partial charge >= 0.3 is 0 Å². The molecule has 3 nitrogen and oxygen atoms in total. The number of nitrogens with one attached hydrogen (secondary N) is 1. The zero-order valence-corrected chi connectivity index (χ0v) is 7.96. The fourth-order valence-corrected chi connectivity index (χ4v) is 0.933. The van der Waals surface area contributed by atoms with Crippen LogP contribution in [0.2, 0.25) is 0 Å². The highest BCUT2D eigenvalue weighted by molar-refractivity contribution is 5.32. The summed E-state index contributed by atoms with van der Waals surface area (Å²) in [6, 6.07) is 1.85. The number of aromatic nitrogens is 2. The van der Waals surface area contributed by atoms with Gasteiger partial charge in [-0.2, -0.15) is 0 Å². The summed E-state index contributed by atoms with van der Waals surface area (Å²) in [5.41, 5.74) is 0. The van der Waals surface area contributed by atoms with Gasteiger partial charge in [0.2, 0.25) is 0 Å². The predicted molar refractivity (Wildman–Crippen MR) is 53.3 cm³/mol. The summed E-state index contributed by atoms with van der Waals surface area (Å²) in [6.45, 7) is 4.54. The Kier molecular flexibility index (Phi) is 3.77. The minimum absolute atomic E-state index is 0.784. The molecule has 0 saturated carbocycles. The molecule has 1 N–H and O–H groups in total. The second kappa shape index (κ2) is 5.15. The van der Waals surface area contributed by atoms with Crippen molar-refractivity contribution in [3.05, 3.63) is 18.1 Å². The van der Waals surface area contributed by atoms with E-state index in [9.17, 15) is 0 Å². The van der Waals surface area contributed by atoms with Crippen molar-refractivity contribution in [2.45, 2.75) is 20.3 Å². The first-order valence-electron chi connectivity index (χ1n) is 4.26. The SMILES string of the molecule is CC#CCCNc1ccnc(C)n1. The van der Waals surface area contributed by atoms with Crippen LogP contribution in [-0.2, 0) is 0 Å². The standard InChI is InChI=1S/C10H13N3/c1-3-4-5-7-12-10-6-8-11-9(2)13-10/h6,8H,5,7H2,1-2H3,(H,11,12,13). The van der Waals surface area contributed by atoms with Crippen LogP contribution in [0.1, 0.15) is 19.2 Å². The molecule has 0 radical (unpaired) electrons. The Balaban J connectivity index is 2.39. The Morgan fingerprint density at radius 3 is 3.08 bits per heavy atom. The molecule has 0 fully saturated rings. The average Bonchev–Trinajstić information content (AvgIpc) is 2.13. The first-order chi connectivity index (χ1) is 6.33. The van der Waals surface area contributed by atoms with Gasteiger partial charge in [0, 0.05) is 19.2 Å². The Hall–Kier alpha value is -1.56. The monoisotopic (exact) mass is 175 g/mol. The van der Waals surface area contributed by atoms with Gasteiger partial charge in [0.25, 0.3) is 0 Å². The third-order valence-corrected chi connectivity index (χ3v) is 1.51. The van der Waals surface area contributed by atoms with Gasteiger partial charge in [0.05, 0.1) is 0 Å². The van der Waals surface area contributed by atoms with Crippen LogP contribution in [0.25, 0.3) is 0 Å². The van der Waals surface area contributed by atoms with E-state index in [0.29, 0.717) is 0 Å². The first kappa shape index (κ1) is 9.53. The molecule has 68 valence electrons. The highest BCUT2D eigenvalue weighted by Crippen LogP contribution is 2.00. The molecule has 13 heavy (non-hydrogen) atoms. The van der Waals surface area contributed by atoms with Crippen molar-refractivity contribution in [2.24, 2.45) is 0 Å². The van der Waals surface area contributed by atoms with Gasteiger partial charge in [-0.25, -0.2) is 9.97 Å². The molecule has 3 heteroatoms. The Morgan fingerprint density at radius 2 is 2.38 bits per heavy atom. The quantitative estimate of drug-likeness (QED) is 0.560. The third-order valence-electron chi connectivity index (χ3n) is 1.51. The number of hydrogen-bond acceptors (Lipinski definition) is 3. The van der Waals surface area contributed by atoms with E-state index in [1.54, 1.807) is 6.20 Å². The Labute approximate surface area is 78.6 Å². The molecule has 0 saturated heterocycles. The van der Waals surface area contributed by atoms with Gasteiger partial charge < -0.3 is 5.32 Å². The minimum Gasteiger partial charge on any atom is -0.369 e. The average molecular weight is 175 g/mol. The van der Waals surface area contributed by atoms with Crippen molar-refractivity contribution in [2.75, 3.05) is 11.9 Å². The van der Waals surface area contributed by atoms with Crippen LogP contribution in [-0.4, -0.2) is 16.5 Å². The lowest BCUT2D eigenvalue weighted by Crippen LogP contribution is -2.03. The summed E-state index contributed by atoms with van der Waals surface area (Å²) < 4.78 is 0. The Morgan fingerprint density at radius 1 is 1.54 bits per heavy atom. The predicted octanol–water partition coefficient (Wildman–Crippen LogP) is 1.61. The maximum atomic E-state index is 4.20. The van der Waals surface area contributed by atoms with E-state index >= 15 is 0 Å². The number of nitrogens with zero attached hydrogens (tertiary/aromatic N) is 2. The number of anilines is 1. The fourth-order valence-electron chi connectivity index (χ4n) is 0.933. The molecule has 0 atom stereocenters. The van der Waals surface area contributed by atoms with E-state index in [4.69, 9.17) is 0 Å². The molecule has 0 bridgehead atoms. The maximum Gasteiger partial charge on any atom is 0.129 e. The molecule has 1 aromatic heterocycles. The molecule has 0 aliphatic rings. The van der Waals surface area contributed by atoms with E-state index in [2.05, 4.69) is 27.1 Å². The maximum absolute atomic E-state index is 4.20. The van der Waals surface area contributed by atoms with E-state index in [-0.39, 0.29) is 0 Å². The van der Waals surface area contributed by atoms with Crippen LogP contribution >= 0.6 is 0 Å². The molecular formula is C10H13N3. The van der Waals surface area contributed by atoms with Crippen molar-refractivity contribution < 1.29 is 0 Å². The summed E-state index contributed by atoms with van der Waals surface area (Å²) in [5, 5.41) is 3.17. The third kappa shape index (κ3) is 3.57. The van der Waals surface area contributed by atoms with Gasteiger partial charge in [-0.15, -0.1) is 11.8 Å². The summed E-state index contributed by atoms with van der Waals surface area (Å²) in [4.78, 5) is 8.21. The van der Waals surface area contributed by atoms with E-state index in [1.165, 1.54) is 0 Å². The van der Waals surface area contributed by atoms with Crippen LogP contribution in [0.3, 0.4) is 0 Å². The first-order valence-corrected chi connectivity index (χ1v) is 4.26. The van der Waals surface area contributed by atoms with Crippen LogP contribution in [0.15, 0.2) is 12.3 Å². The van der Waals surface area contributed by atoms with Crippen LogP contribution in [0.4, 0.5) is 5.82 Å². The van der Waals surface area contributed by atoms with Crippen molar-refractivity contribution in [1.82, 2.24) is 9.97 Å². The topological polar surface area (TPSA) is 37.8 Å². The van der Waals surface area contributed by atoms with Crippen molar-refractivity contribution >= 4 is 5.82 Å². The lowest BCUT2D eigenvalue weighted by atomic mass is 10.4. The summed E-state index contributed by atoms with van der Waals surface area (Å²) in [5.74, 6) is 7.47. The minimum atomic E-state index is 0.784. The smallest absolute Gasteiger partial charge is 0.129 e. The number of rotatable bonds is 3. The normalized spacial score (nSPS) is 8.77. The van der Waals surface area contributed by atoms with E-state index < -0.39 is 0 Å². The van der Waals surface area contributed by atoms with Crippen LogP contribution in [0, 0.1) is 18.8 Å². The Bertz CT molecular complexity index is 322. The van der Waals surface area contributed by atoms with Crippen LogP contribution < -0.4 is 5.32 Å². The largest absolute Gasteiger partial charge is 0.369 e. The number of hydrogen-bond donors (Lipinski definition) is 1. The highest BCUT2D eigenvalue weighted by atomic mass is 15.0. The summed E-state index contributed by atoms with van der Waals surface area (Å²) in [6.07, 6.45) is 2.59. The molecule has 0 spiro atoms. The highest BCUT2D eigenvalue weighted by Gasteiger charge is 1.91. The molecule has 1 heterocycles. The van der Waals surface area contributed by atoms with Gasteiger partial charge in [-0.05, 0) is 19.9 Å². The summed E-state index contributed by atoms with van der Waals surface area (Å²) >= 11 is 0. The second-order valence-corrected chi connectivity index (χ2v) is 2.59. The summed E-state index contributed by atoms with van der Waals surface area (Å²) in [7, 11) is 0. The lowest BCUT2D eigenvalue weighted by molar-refractivity contribution is 1.01. The molecule has 0 aliphatic heterocycles. The molecule has 1 aromatic rings. The molecule has 0 aromatic carbocycles. The van der Waals surface area contributed by atoms with Gasteiger partial charge in [0.1, 0.15) is 11.6 Å². The number of aryl methyl sites for hydroxylation is 1. The lowest BCUT2D eigenvalue weighted by Gasteiger charge is -2.02. The van der Waals surface area contributed by atoms with E-state index in [1.807, 2.05) is 19.9 Å². The van der Waals surface area contributed by atoms with Crippen molar-refractivity contribution in [3.8, 4) is 11.8 Å². The zero-order valence-electron chi connectivity index (χ0n) is 7.96. The fraction of sp³-hybridized carbons (Fsp3) is 0.400. The van der Waals surface area contributed by atoms with Gasteiger partial charge in [-0.3, -0.25) is 0 Å². The van der Waals surface area contributed by atoms with Crippen LogP contribution in [0.5, 0.6) is 0 Å². The molecule has 1 rings (SSSR count). The van der Waals surface area contributed by atoms with Crippen molar-refractivity contribution in [1.29, 1.82) is 0 Å². The molecular weight excluding hydrogens is 162 g/mol. The second-order valence-electron chi connectivity index (χ2n) is 2.59. The van der Waals surface area contributed by atoms with Gasteiger partial charge in [-0.1, -0.05) is 0 Å². The zero-order chi connectivity index (χ0) is 9.52. The van der Waals surface area contributed by atoms with Gasteiger partial charge in [0.15, 0.2) is 0 Å². The molecule has 0 amide bonds. The molecule has 0 aliphatic carbocycles. The van der Waals surface area contributed by atoms with Crippen molar-refractivity contribution in [3.63, 3.8) is 0 Å². The van der Waals surface area contributed by atoms with E-state index in [0.717, 1.165) is 24.6 Å². The molecule has 0 unspecified atom stereocenters.